The van der Waals surface area contributed by atoms with Crippen molar-refractivity contribution in [3.8, 4) is 5.75 Å². The molecule has 0 radical (unpaired) electrons. The second-order valence-electron chi connectivity index (χ2n) is 7.15. The van der Waals surface area contributed by atoms with Gasteiger partial charge in [0.25, 0.3) is 0 Å². The summed E-state index contributed by atoms with van der Waals surface area (Å²) >= 11 is 0. The van der Waals surface area contributed by atoms with Crippen LogP contribution in [0.15, 0.2) is 48.7 Å². The molecule has 2 aromatic carbocycles. The van der Waals surface area contributed by atoms with Crippen LogP contribution in [-0.2, 0) is 10.0 Å². The van der Waals surface area contributed by atoms with Crippen LogP contribution in [-0.4, -0.2) is 37.5 Å². The Morgan fingerprint density at radius 1 is 1.09 bits per heavy atom. The summed E-state index contributed by atoms with van der Waals surface area (Å²) in [6.45, 7) is 1.92. The standard InChI is InChI=1S/C22H24FN5O4S/c1-4-7-19(29)14-10-11-20(32-2)18(12-14)26-22-24-13-15(23)21(27-22)25-16-8-5-6-9-17(16)28-33(3,30)31/h5-6,8-13,28H,4,7H2,1-3H3,(H2,24,25,26,27). The van der Waals surface area contributed by atoms with Crippen LogP contribution < -0.4 is 20.1 Å². The number of benzene rings is 2. The molecular weight excluding hydrogens is 449 g/mol. The monoisotopic (exact) mass is 473 g/mol. The SMILES string of the molecule is CCCC(=O)c1ccc(OC)c(Nc2ncc(F)c(Nc3ccccc3NS(C)(=O)=O)n2)c1. The van der Waals surface area contributed by atoms with Gasteiger partial charge in [-0.1, -0.05) is 19.1 Å². The third-order valence-electron chi connectivity index (χ3n) is 4.46. The molecule has 0 fully saturated rings. The molecule has 0 unspecified atom stereocenters. The highest BCUT2D eigenvalue weighted by atomic mass is 32.2. The zero-order chi connectivity index (χ0) is 24.0. The van der Waals surface area contributed by atoms with Gasteiger partial charge in [-0.05, 0) is 36.8 Å². The highest BCUT2D eigenvalue weighted by Crippen LogP contribution is 2.30. The van der Waals surface area contributed by atoms with Gasteiger partial charge in [0.2, 0.25) is 16.0 Å². The lowest BCUT2D eigenvalue weighted by Gasteiger charge is -2.14. The van der Waals surface area contributed by atoms with Crippen LogP contribution in [0.2, 0.25) is 0 Å². The number of anilines is 5. The third kappa shape index (κ3) is 6.39. The Morgan fingerprint density at radius 3 is 2.48 bits per heavy atom. The minimum absolute atomic E-state index is 0.0134. The van der Waals surface area contributed by atoms with Gasteiger partial charge in [-0.2, -0.15) is 4.98 Å². The number of nitrogens with one attached hydrogen (secondary N) is 3. The van der Waals surface area contributed by atoms with E-state index in [1.54, 1.807) is 36.4 Å². The number of sulfonamides is 1. The van der Waals surface area contributed by atoms with Gasteiger partial charge in [0.05, 0.1) is 36.6 Å². The van der Waals surface area contributed by atoms with Gasteiger partial charge in [0.15, 0.2) is 17.4 Å². The maximum Gasteiger partial charge on any atom is 0.229 e. The largest absolute Gasteiger partial charge is 0.495 e. The van der Waals surface area contributed by atoms with E-state index in [1.165, 1.54) is 13.2 Å². The van der Waals surface area contributed by atoms with Crippen molar-refractivity contribution < 1.29 is 22.3 Å². The van der Waals surface area contributed by atoms with Crippen LogP contribution >= 0.6 is 0 Å². The van der Waals surface area contributed by atoms with E-state index in [9.17, 15) is 17.6 Å². The van der Waals surface area contributed by atoms with Crippen molar-refractivity contribution in [3.05, 3.63) is 60.0 Å². The number of aromatic nitrogens is 2. The van der Waals surface area contributed by atoms with E-state index in [0.717, 1.165) is 18.9 Å². The molecule has 174 valence electrons. The molecule has 33 heavy (non-hydrogen) atoms. The molecule has 0 saturated heterocycles. The number of hydrogen-bond donors (Lipinski definition) is 3. The van der Waals surface area contributed by atoms with Crippen LogP contribution in [0.25, 0.3) is 0 Å². The topological polar surface area (TPSA) is 122 Å². The minimum atomic E-state index is -3.54. The number of halogens is 1. The summed E-state index contributed by atoms with van der Waals surface area (Å²) < 4.78 is 45.4. The summed E-state index contributed by atoms with van der Waals surface area (Å²) in [5, 5.41) is 5.74. The van der Waals surface area contributed by atoms with Crippen molar-refractivity contribution in [3.63, 3.8) is 0 Å². The molecule has 0 bridgehead atoms. The molecule has 3 aromatic rings. The number of Topliss-reactive ketones (excluding diaryl/α,β-unsaturated/α-hetero) is 1. The van der Waals surface area contributed by atoms with Crippen LogP contribution in [0.4, 0.5) is 33.2 Å². The molecule has 1 aromatic heterocycles. The van der Waals surface area contributed by atoms with Gasteiger partial charge in [0.1, 0.15) is 5.75 Å². The molecular formula is C22H24FN5O4S. The minimum Gasteiger partial charge on any atom is -0.495 e. The number of hydrogen-bond acceptors (Lipinski definition) is 8. The average Bonchev–Trinajstić information content (AvgIpc) is 2.76. The normalized spacial score (nSPS) is 11.0. The van der Waals surface area contributed by atoms with E-state index in [0.29, 0.717) is 29.1 Å². The lowest BCUT2D eigenvalue weighted by Crippen LogP contribution is -2.11. The van der Waals surface area contributed by atoms with E-state index in [-0.39, 0.29) is 23.2 Å². The molecule has 0 aliphatic heterocycles. The highest BCUT2D eigenvalue weighted by Gasteiger charge is 2.14. The Labute approximate surface area is 191 Å². The lowest BCUT2D eigenvalue weighted by molar-refractivity contribution is 0.0981. The summed E-state index contributed by atoms with van der Waals surface area (Å²) in [6.07, 6.45) is 3.12. The lowest BCUT2D eigenvalue weighted by atomic mass is 10.1. The number of ether oxygens (including phenoxy) is 1. The molecule has 0 saturated carbocycles. The Bertz CT molecular complexity index is 1270. The third-order valence-corrected chi connectivity index (χ3v) is 5.06. The molecule has 9 nitrogen and oxygen atoms in total. The van der Waals surface area contributed by atoms with Gasteiger partial charge in [-0.25, -0.2) is 17.8 Å². The van der Waals surface area contributed by atoms with E-state index in [2.05, 4.69) is 25.3 Å². The summed E-state index contributed by atoms with van der Waals surface area (Å²) in [5.41, 5.74) is 1.48. The van der Waals surface area contributed by atoms with Crippen molar-refractivity contribution in [2.45, 2.75) is 19.8 Å². The fraction of sp³-hybridized carbons (Fsp3) is 0.227. The first-order valence-corrected chi connectivity index (χ1v) is 11.9. The molecule has 3 rings (SSSR count). The maximum absolute atomic E-state index is 14.4. The summed E-state index contributed by atoms with van der Waals surface area (Å²) in [7, 11) is -2.06. The van der Waals surface area contributed by atoms with Crippen LogP contribution in [0.5, 0.6) is 5.75 Å². The first kappa shape index (κ1) is 23.9. The van der Waals surface area contributed by atoms with Gasteiger partial charge in [0, 0.05) is 12.0 Å². The van der Waals surface area contributed by atoms with Crippen molar-refractivity contribution in [1.29, 1.82) is 0 Å². The zero-order valence-electron chi connectivity index (χ0n) is 18.3. The smallest absolute Gasteiger partial charge is 0.229 e. The highest BCUT2D eigenvalue weighted by molar-refractivity contribution is 7.92. The summed E-state index contributed by atoms with van der Waals surface area (Å²) in [5.74, 6) is -0.430. The molecule has 11 heteroatoms. The zero-order valence-corrected chi connectivity index (χ0v) is 19.2. The van der Waals surface area contributed by atoms with Crippen molar-refractivity contribution >= 4 is 44.6 Å². The quantitative estimate of drug-likeness (QED) is 0.369. The first-order valence-electron chi connectivity index (χ1n) is 10.0. The van der Waals surface area contributed by atoms with Gasteiger partial charge in [-0.15, -0.1) is 0 Å². The molecule has 0 aliphatic rings. The van der Waals surface area contributed by atoms with E-state index >= 15 is 0 Å². The predicted molar refractivity (Wildman–Crippen MR) is 126 cm³/mol. The molecule has 0 spiro atoms. The molecule has 0 aliphatic carbocycles. The van der Waals surface area contributed by atoms with Crippen molar-refractivity contribution in [1.82, 2.24) is 9.97 Å². The van der Waals surface area contributed by atoms with Crippen LogP contribution in [0.3, 0.4) is 0 Å². The van der Waals surface area contributed by atoms with Crippen LogP contribution in [0.1, 0.15) is 30.1 Å². The second kappa shape index (κ2) is 10.3. The Hall–Kier alpha value is -3.73. The summed E-state index contributed by atoms with van der Waals surface area (Å²) in [6, 6.07) is 11.4. The fourth-order valence-corrected chi connectivity index (χ4v) is 3.57. The van der Waals surface area contributed by atoms with Gasteiger partial charge < -0.3 is 15.4 Å². The Balaban J connectivity index is 1.91. The van der Waals surface area contributed by atoms with E-state index in [4.69, 9.17) is 4.74 Å². The van der Waals surface area contributed by atoms with Gasteiger partial charge >= 0.3 is 0 Å². The number of rotatable bonds is 10. The van der Waals surface area contributed by atoms with E-state index in [1.807, 2.05) is 6.92 Å². The van der Waals surface area contributed by atoms with Crippen LogP contribution in [0, 0.1) is 5.82 Å². The maximum atomic E-state index is 14.4. The van der Waals surface area contributed by atoms with Gasteiger partial charge in [-0.3, -0.25) is 9.52 Å². The average molecular weight is 474 g/mol. The molecule has 1 heterocycles. The molecule has 3 N–H and O–H groups in total. The fourth-order valence-electron chi connectivity index (χ4n) is 2.99. The number of carbonyl (C=O) groups excluding carboxylic acids is 1. The van der Waals surface area contributed by atoms with Crippen molar-refractivity contribution in [2.24, 2.45) is 0 Å². The van der Waals surface area contributed by atoms with E-state index < -0.39 is 15.8 Å². The summed E-state index contributed by atoms with van der Waals surface area (Å²) in [4.78, 5) is 20.4. The van der Waals surface area contributed by atoms with Crippen molar-refractivity contribution in [2.75, 3.05) is 28.7 Å². The molecule has 0 atom stereocenters. The first-order chi connectivity index (χ1) is 15.7. The Morgan fingerprint density at radius 2 is 1.82 bits per heavy atom. The second-order valence-corrected chi connectivity index (χ2v) is 8.90. The predicted octanol–water partition coefficient (Wildman–Crippen LogP) is 4.47. The number of carbonyl (C=O) groups is 1. The number of nitrogens with zero attached hydrogens (tertiary/aromatic N) is 2. The molecule has 0 amide bonds. The number of ketones is 1. The Kier molecular flexibility index (Phi) is 7.44. The number of para-hydroxylation sites is 2. The number of methoxy groups -OCH3 is 1.